The smallest absolute Gasteiger partial charge is 0.424 e. The van der Waals surface area contributed by atoms with Crippen molar-refractivity contribution in [3.8, 4) is 0 Å². The number of unbranched alkanes of at least 4 members (excludes halogenated alkanes) is 1. The Bertz CT molecular complexity index is 1380. The molecule has 1 unspecified atom stereocenters. The Morgan fingerprint density at radius 3 is 2.48 bits per heavy atom. The Morgan fingerprint density at radius 2 is 1.68 bits per heavy atom. The van der Waals surface area contributed by atoms with Crippen molar-refractivity contribution >= 4 is 17.4 Å². The fourth-order valence-corrected chi connectivity index (χ4v) is 6.50. The van der Waals surface area contributed by atoms with Crippen LogP contribution in [-0.4, -0.2) is 59.2 Å². The first kappa shape index (κ1) is 26.6. The first-order valence-electron chi connectivity index (χ1n) is 14.1. The summed E-state index contributed by atoms with van der Waals surface area (Å²) in [5.74, 6) is -0.349. The zero-order valence-corrected chi connectivity index (χ0v) is 22.5. The van der Waals surface area contributed by atoms with Crippen molar-refractivity contribution < 1.29 is 18.2 Å². The molecule has 0 spiro atoms. The third-order valence-corrected chi connectivity index (χ3v) is 8.42. The molecule has 8 heteroatoms. The number of rotatable bonds is 8. The SMILES string of the molecule is O=C1N(CCCCN2CC[C@@H]3[C@@H](C2)c2cc(F)ccc2N3c2ccc(F)cc2)CC=C[N+]1([O-])Cc1ccccc1. The topological polar surface area (TPSA) is 49.9 Å². The van der Waals surface area contributed by atoms with Gasteiger partial charge in [0.2, 0.25) is 0 Å². The van der Waals surface area contributed by atoms with Crippen LogP contribution in [0.3, 0.4) is 0 Å². The summed E-state index contributed by atoms with van der Waals surface area (Å²) in [5, 5.41) is 13.3. The van der Waals surface area contributed by atoms with Gasteiger partial charge in [-0.3, -0.25) is 4.90 Å². The van der Waals surface area contributed by atoms with Crippen LogP contribution in [0.5, 0.6) is 0 Å². The molecule has 6 nitrogen and oxygen atoms in total. The lowest BCUT2D eigenvalue weighted by molar-refractivity contribution is -0.764. The van der Waals surface area contributed by atoms with Gasteiger partial charge >= 0.3 is 6.03 Å². The van der Waals surface area contributed by atoms with Gasteiger partial charge in [0.05, 0.1) is 0 Å². The number of nitrogens with zero attached hydrogens (tertiary/aromatic N) is 4. The number of hydrogen-bond acceptors (Lipinski definition) is 4. The highest BCUT2D eigenvalue weighted by Crippen LogP contribution is 2.48. The first-order chi connectivity index (χ1) is 19.4. The standard InChI is InChI=1S/C32H34F2N4O2/c33-25-9-12-27(13-10-25)37-30-14-11-26(34)21-28(30)29-22-35(19-15-31(29)37)16-4-5-17-36-18-6-20-38(40,32(36)39)23-24-7-2-1-3-8-24/h1-3,6-14,20-21,29,31H,4-5,15-19,22-23H2/t29-,31+,38?/m0/s1. The Labute approximate surface area is 233 Å². The summed E-state index contributed by atoms with van der Waals surface area (Å²) in [7, 11) is 0. The number of benzene rings is 3. The summed E-state index contributed by atoms with van der Waals surface area (Å²) in [6.07, 6.45) is 5.89. The minimum atomic E-state index is -0.986. The molecule has 3 atom stereocenters. The quantitative estimate of drug-likeness (QED) is 0.184. The molecular weight excluding hydrogens is 510 g/mol. The summed E-state index contributed by atoms with van der Waals surface area (Å²) in [5.41, 5.74) is 3.77. The molecular formula is C32H34F2N4O2. The number of piperidine rings is 1. The normalized spacial score (nSPS) is 24.3. The lowest BCUT2D eigenvalue weighted by Crippen LogP contribution is -2.53. The van der Waals surface area contributed by atoms with Crippen molar-refractivity contribution in [2.45, 2.75) is 37.8 Å². The number of amides is 2. The molecule has 0 aromatic heterocycles. The number of halogens is 2. The fourth-order valence-electron chi connectivity index (χ4n) is 6.50. The molecule has 0 radical (unpaired) electrons. The van der Waals surface area contributed by atoms with Gasteiger partial charge in [0.1, 0.15) is 24.4 Å². The van der Waals surface area contributed by atoms with Gasteiger partial charge in [-0.1, -0.05) is 30.3 Å². The van der Waals surface area contributed by atoms with E-state index >= 15 is 0 Å². The van der Waals surface area contributed by atoms with E-state index in [1.54, 1.807) is 29.2 Å². The van der Waals surface area contributed by atoms with Crippen LogP contribution in [0.15, 0.2) is 85.1 Å². The maximum absolute atomic E-state index is 14.3. The van der Waals surface area contributed by atoms with Crippen LogP contribution in [0.25, 0.3) is 0 Å². The summed E-state index contributed by atoms with van der Waals surface area (Å²) in [6, 6.07) is 20.7. The lowest BCUT2D eigenvalue weighted by Gasteiger charge is -2.42. The van der Waals surface area contributed by atoms with Crippen LogP contribution in [0.4, 0.5) is 25.0 Å². The number of hydroxylamine groups is 3. The molecule has 3 aliphatic heterocycles. The van der Waals surface area contributed by atoms with Crippen molar-refractivity contribution in [2.75, 3.05) is 37.6 Å². The van der Waals surface area contributed by atoms with E-state index in [1.807, 2.05) is 36.4 Å². The van der Waals surface area contributed by atoms with Crippen LogP contribution in [0.2, 0.25) is 0 Å². The molecule has 3 aromatic carbocycles. The van der Waals surface area contributed by atoms with Gasteiger partial charge < -0.3 is 15.0 Å². The fraction of sp³-hybridized carbons (Fsp3) is 0.344. The molecule has 0 saturated carbocycles. The third-order valence-electron chi connectivity index (χ3n) is 8.42. The van der Waals surface area contributed by atoms with E-state index in [0.29, 0.717) is 13.1 Å². The number of hydrogen-bond donors (Lipinski definition) is 0. The number of quaternary nitrogens is 1. The molecule has 1 saturated heterocycles. The minimum absolute atomic E-state index is 0.0972. The highest BCUT2D eigenvalue weighted by Gasteiger charge is 2.42. The van der Waals surface area contributed by atoms with Gasteiger partial charge in [-0.15, -0.1) is 0 Å². The van der Waals surface area contributed by atoms with Gasteiger partial charge in [0.25, 0.3) is 0 Å². The summed E-state index contributed by atoms with van der Waals surface area (Å²) in [6.45, 7) is 3.72. The monoisotopic (exact) mass is 544 g/mol. The van der Waals surface area contributed by atoms with E-state index in [-0.39, 0.29) is 30.1 Å². The Kier molecular flexibility index (Phi) is 7.40. The van der Waals surface area contributed by atoms with Gasteiger partial charge in [-0.25, -0.2) is 18.2 Å². The molecule has 208 valence electrons. The third kappa shape index (κ3) is 5.27. The first-order valence-corrected chi connectivity index (χ1v) is 14.1. The predicted molar refractivity (Wildman–Crippen MR) is 152 cm³/mol. The second kappa shape index (κ2) is 11.1. The zero-order valence-electron chi connectivity index (χ0n) is 22.5. The van der Waals surface area contributed by atoms with Crippen molar-refractivity contribution in [2.24, 2.45) is 0 Å². The van der Waals surface area contributed by atoms with E-state index in [1.165, 1.54) is 24.4 Å². The predicted octanol–water partition coefficient (Wildman–Crippen LogP) is 6.52. The van der Waals surface area contributed by atoms with Crippen LogP contribution >= 0.6 is 0 Å². The van der Waals surface area contributed by atoms with E-state index in [0.717, 1.165) is 61.4 Å². The average molecular weight is 545 g/mol. The van der Waals surface area contributed by atoms with Crippen LogP contribution in [-0.2, 0) is 6.54 Å². The number of anilines is 2. The molecule has 0 aliphatic carbocycles. The summed E-state index contributed by atoms with van der Waals surface area (Å²) >= 11 is 0. The molecule has 6 rings (SSSR count). The molecule has 3 heterocycles. The number of urea groups is 1. The molecule has 0 bridgehead atoms. The Morgan fingerprint density at radius 1 is 0.925 bits per heavy atom. The highest BCUT2D eigenvalue weighted by molar-refractivity contribution is 5.73. The van der Waals surface area contributed by atoms with Gasteiger partial charge in [-0.05, 0) is 79.9 Å². The number of carbonyl (C=O) groups is 1. The van der Waals surface area contributed by atoms with Crippen molar-refractivity contribution in [1.29, 1.82) is 0 Å². The van der Waals surface area contributed by atoms with Gasteiger partial charge in [0, 0.05) is 55.1 Å². The van der Waals surface area contributed by atoms with Crippen LogP contribution < -0.4 is 4.90 Å². The highest BCUT2D eigenvalue weighted by atomic mass is 19.1. The minimum Gasteiger partial charge on any atom is -0.618 e. The molecule has 3 aromatic rings. The van der Waals surface area contributed by atoms with Crippen molar-refractivity contribution in [3.63, 3.8) is 0 Å². The Hall–Kier alpha value is -3.59. The molecule has 3 aliphatic rings. The van der Waals surface area contributed by atoms with E-state index < -0.39 is 10.7 Å². The summed E-state index contributed by atoms with van der Waals surface area (Å²) < 4.78 is 26.9. The summed E-state index contributed by atoms with van der Waals surface area (Å²) in [4.78, 5) is 19.4. The van der Waals surface area contributed by atoms with E-state index in [9.17, 15) is 18.8 Å². The van der Waals surface area contributed by atoms with Crippen molar-refractivity contribution in [3.05, 3.63) is 113 Å². The van der Waals surface area contributed by atoms with Crippen LogP contribution in [0.1, 0.15) is 36.3 Å². The Balaban J connectivity index is 1.05. The number of carbonyl (C=O) groups excluding carboxylic acids is 1. The van der Waals surface area contributed by atoms with Crippen LogP contribution in [0, 0.1) is 16.8 Å². The van der Waals surface area contributed by atoms with E-state index in [2.05, 4.69) is 9.80 Å². The second-order valence-electron chi connectivity index (χ2n) is 11.1. The van der Waals surface area contributed by atoms with Crippen molar-refractivity contribution in [1.82, 2.24) is 9.80 Å². The second-order valence-corrected chi connectivity index (χ2v) is 11.1. The maximum Gasteiger partial charge on any atom is 0.424 e. The average Bonchev–Trinajstić information content (AvgIpc) is 3.27. The number of likely N-dealkylation sites (tertiary alicyclic amines) is 1. The number of fused-ring (bicyclic) bond motifs is 3. The largest absolute Gasteiger partial charge is 0.618 e. The lowest BCUT2D eigenvalue weighted by atomic mass is 9.89. The van der Waals surface area contributed by atoms with Gasteiger partial charge in [0.15, 0.2) is 0 Å². The molecule has 2 amide bonds. The van der Waals surface area contributed by atoms with E-state index in [4.69, 9.17) is 0 Å². The molecule has 1 fully saturated rings. The maximum atomic E-state index is 14.3. The molecule has 0 N–H and O–H groups in total. The zero-order chi connectivity index (χ0) is 27.7. The molecule has 40 heavy (non-hydrogen) atoms. The van der Waals surface area contributed by atoms with Gasteiger partial charge in [-0.2, -0.15) is 0 Å².